The van der Waals surface area contributed by atoms with Gasteiger partial charge in [-0.05, 0) is 54.7 Å². The van der Waals surface area contributed by atoms with E-state index in [0.717, 1.165) is 19.3 Å². The number of ketones is 1. The molecule has 0 unspecified atom stereocenters. The van der Waals surface area contributed by atoms with Crippen LogP contribution < -0.4 is 4.74 Å². The first-order chi connectivity index (χ1) is 12.0. The molecule has 0 amide bonds. The maximum Gasteiger partial charge on any atom is 0.344 e. The van der Waals surface area contributed by atoms with Crippen LogP contribution in [0, 0.1) is 0 Å². The summed E-state index contributed by atoms with van der Waals surface area (Å²) in [4.78, 5) is 23.9. The Kier molecular flexibility index (Phi) is 5.61. The number of carbonyl (C=O) groups is 2. The van der Waals surface area contributed by atoms with Gasteiger partial charge in [0.1, 0.15) is 5.75 Å². The molecule has 0 bridgehead atoms. The van der Waals surface area contributed by atoms with Gasteiger partial charge in [0.25, 0.3) is 0 Å². The monoisotopic (exact) mass is 378 g/mol. The van der Waals surface area contributed by atoms with Gasteiger partial charge in [0.05, 0.1) is 5.02 Å². The molecule has 0 radical (unpaired) electrons. The average Bonchev–Trinajstić information content (AvgIpc) is 3.06. The summed E-state index contributed by atoms with van der Waals surface area (Å²) in [5.74, 6) is -0.541. The van der Waals surface area contributed by atoms with Gasteiger partial charge in [-0.15, -0.1) is 0 Å². The molecule has 0 heterocycles. The van der Waals surface area contributed by atoms with Gasteiger partial charge >= 0.3 is 5.97 Å². The maximum atomic E-state index is 12.2. The molecule has 0 saturated carbocycles. The summed E-state index contributed by atoms with van der Waals surface area (Å²) in [5, 5.41) is 0.773. The topological polar surface area (TPSA) is 52.6 Å². The number of benzene rings is 2. The molecular formula is C19H16Cl2O4. The third-order valence-corrected chi connectivity index (χ3v) is 4.55. The Morgan fingerprint density at radius 1 is 0.960 bits per heavy atom. The van der Waals surface area contributed by atoms with E-state index in [9.17, 15) is 9.59 Å². The lowest BCUT2D eigenvalue weighted by molar-refractivity contribution is -0.144. The van der Waals surface area contributed by atoms with E-state index < -0.39 is 5.97 Å². The van der Waals surface area contributed by atoms with Gasteiger partial charge in [0, 0.05) is 10.6 Å². The van der Waals surface area contributed by atoms with Gasteiger partial charge < -0.3 is 9.47 Å². The van der Waals surface area contributed by atoms with Crippen molar-refractivity contribution >= 4 is 35.0 Å². The Labute approximate surface area is 155 Å². The summed E-state index contributed by atoms with van der Waals surface area (Å²) in [6.45, 7) is -0.645. The van der Waals surface area contributed by atoms with Crippen LogP contribution in [-0.2, 0) is 22.4 Å². The van der Waals surface area contributed by atoms with E-state index in [0.29, 0.717) is 21.4 Å². The van der Waals surface area contributed by atoms with Gasteiger partial charge in [-0.25, -0.2) is 4.79 Å². The van der Waals surface area contributed by atoms with Crippen LogP contribution in [0.2, 0.25) is 10.0 Å². The van der Waals surface area contributed by atoms with Crippen LogP contribution in [0.25, 0.3) is 0 Å². The number of fused-ring (bicyclic) bond motifs is 1. The van der Waals surface area contributed by atoms with Crippen molar-refractivity contribution in [3.05, 3.63) is 63.1 Å². The first-order valence-electron chi connectivity index (χ1n) is 7.91. The van der Waals surface area contributed by atoms with Crippen molar-refractivity contribution in [2.75, 3.05) is 13.2 Å². The Balaban J connectivity index is 1.49. The molecule has 130 valence electrons. The van der Waals surface area contributed by atoms with Crippen molar-refractivity contribution in [2.45, 2.75) is 19.3 Å². The number of aryl methyl sites for hydroxylation is 2. The normalized spacial score (nSPS) is 12.6. The van der Waals surface area contributed by atoms with Crippen molar-refractivity contribution in [3.8, 4) is 5.75 Å². The van der Waals surface area contributed by atoms with Crippen molar-refractivity contribution in [1.82, 2.24) is 0 Å². The molecular weight excluding hydrogens is 363 g/mol. The molecule has 3 rings (SSSR count). The van der Waals surface area contributed by atoms with Gasteiger partial charge in [0.2, 0.25) is 0 Å². The second-order valence-electron chi connectivity index (χ2n) is 5.78. The minimum Gasteiger partial charge on any atom is -0.480 e. The summed E-state index contributed by atoms with van der Waals surface area (Å²) in [7, 11) is 0. The highest BCUT2D eigenvalue weighted by molar-refractivity contribution is 6.35. The summed E-state index contributed by atoms with van der Waals surface area (Å²) in [6, 6.07) is 10.3. The quantitative estimate of drug-likeness (QED) is 0.555. The van der Waals surface area contributed by atoms with Crippen LogP contribution in [0.3, 0.4) is 0 Å². The second kappa shape index (κ2) is 7.89. The molecule has 0 spiro atoms. The van der Waals surface area contributed by atoms with Crippen LogP contribution in [0.1, 0.15) is 27.9 Å². The molecule has 25 heavy (non-hydrogen) atoms. The van der Waals surface area contributed by atoms with Gasteiger partial charge in [0.15, 0.2) is 19.0 Å². The second-order valence-corrected chi connectivity index (χ2v) is 6.63. The highest BCUT2D eigenvalue weighted by Crippen LogP contribution is 2.27. The van der Waals surface area contributed by atoms with E-state index in [1.165, 1.54) is 17.2 Å². The molecule has 6 heteroatoms. The lowest BCUT2D eigenvalue weighted by Crippen LogP contribution is -2.19. The Morgan fingerprint density at radius 2 is 1.76 bits per heavy atom. The predicted molar refractivity (Wildman–Crippen MR) is 95.7 cm³/mol. The van der Waals surface area contributed by atoms with E-state index in [2.05, 4.69) is 0 Å². The van der Waals surface area contributed by atoms with Crippen molar-refractivity contribution < 1.29 is 19.1 Å². The number of rotatable bonds is 6. The number of hydrogen-bond acceptors (Lipinski definition) is 4. The highest BCUT2D eigenvalue weighted by Gasteiger charge is 2.15. The Hall–Kier alpha value is -2.04. The fraction of sp³-hybridized carbons (Fsp3) is 0.263. The highest BCUT2D eigenvalue weighted by atomic mass is 35.5. The lowest BCUT2D eigenvalue weighted by atomic mass is 10.0. The molecule has 1 aliphatic rings. The Bertz CT molecular complexity index is 817. The van der Waals surface area contributed by atoms with Crippen LogP contribution in [0.15, 0.2) is 36.4 Å². The van der Waals surface area contributed by atoms with Crippen molar-refractivity contribution in [1.29, 1.82) is 0 Å². The maximum absolute atomic E-state index is 12.2. The van der Waals surface area contributed by atoms with Gasteiger partial charge in [-0.2, -0.15) is 0 Å². The van der Waals surface area contributed by atoms with Crippen LogP contribution in [0.5, 0.6) is 5.75 Å². The fourth-order valence-corrected chi connectivity index (χ4v) is 3.21. The fourth-order valence-electron chi connectivity index (χ4n) is 2.75. The first-order valence-corrected chi connectivity index (χ1v) is 8.67. The van der Waals surface area contributed by atoms with E-state index in [1.54, 1.807) is 18.2 Å². The summed E-state index contributed by atoms with van der Waals surface area (Å²) >= 11 is 11.7. The minimum absolute atomic E-state index is 0.229. The molecule has 0 N–H and O–H groups in total. The molecule has 0 aromatic heterocycles. The van der Waals surface area contributed by atoms with Crippen LogP contribution in [0.4, 0.5) is 0 Å². The largest absolute Gasteiger partial charge is 0.480 e. The van der Waals surface area contributed by atoms with Gasteiger partial charge in [-0.1, -0.05) is 35.3 Å². The zero-order valence-corrected chi connectivity index (χ0v) is 14.9. The number of carbonyl (C=O) groups excluding carboxylic acids is 2. The lowest BCUT2D eigenvalue weighted by Gasteiger charge is -2.09. The van der Waals surface area contributed by atoms with Crippen molar-refractivity contribution in [3.63, 3.8) is 0 Å². The average molecular weight is 379 g/mol. The number of halogens is 2. The third kappa shape index (κ3) is 4.53. The standard InChI is InChI=1S/C19H16Cl2O4/c20-15-6-7-18(16(21)9-15)24-11-19(23)25-10-17(22)14-5-4-12-2-1-3-13(12)8-14/h4-9H,1-3,10-11H2. The smallest absolute Gasteiger partial charge is 0.344 e. The SMILES string of the molecule is O=C(COc1ccc(Cl)cc1Cl)OCC(=O)c1ccc2c(c1)CCC2. The summed E-state index contributed by atoms with van der Waals surface area (Å²) in [6.07, 6.45) is 3.17. The molecule has 0 aliphatic heterocycles. The molecule has 1 aliphatic carbocycles. The Morgan fingerprint density at radius 3 is 2.56 bits per heavy atom. The van der Waals surface area contributed by atoms with E-state index >= 15 is 0 Å². The minimum atomic E-state index is -0.638. The molecule has 4 nitrogen and oxygen atoms in total. The van der Waals surface area contributed by atoms with E-state index in [4.69, 9.17) is 32.7 Å². The third-order valence-electron chi connectivity index (χ3n) is 4.02. The summed E-state index contributed by atoms with van der Waals surface area (Å²) < 4.78 is 10.3. The van der Waals surface area contributed by atoms with E-state index in [1.807, 2.05) is 12.1 Å². The molecule has 2 aromatic carbocycles. The predicted octanol–water partition coefficient (Wildman–Crippen LogP) is 4.29. The zero-order valence-electron chi connectivity index (χ0n) is 13.4. The molecule has 0 saturated heterocycles. The summed E-state index contributed by atoms with van der Waals surface area (Å²) in [5.41, 5.74) is 3.06. The van der Waals surface area contributed by atoms with Gasteiger partial charge in [-0.3, -0.25) is 4.79 Å². The van der Waals surface area contributed by atoms with Crippen molar-refractivity contribution in [2.24, 2.45) is 0 Å². The van der Waals surface area contributed by atoms with Crippen LogP contribution in [-0.4, -0.2) is 25.0 Å². The first kappa shape index (κ1) is 17.8. The molecule has 0 fully saturated rings. The number of ether oxygens (including phenoxy) is 2. The van der Waals surface area contributed by atoms with E-state index in [-0.39, 0.29) is 19.0 Å². The van der Waals surface area contributed by atoms with Crippen LogP contribution >= 0.6 is 23.2 Å². The number of hydrogen-bond donors (Lipinski definition) is 0. The number of esters is 1. The zero-order chi connectivity index (χ0) is 17.8. The molecule has 0 atom stereocenters. The molecule has 2 aromatic rings. The number of Topliss-reactive ketones (excluding diaryl/α,β-unsaturated/α-hetero) is 1.